The summed E-state index contributed by atoms with van der Waals surface area (Å²) in [7, 11) is 0. The maximum atomic E-state index is 12.1. The number of hydrogen-bond donors (Lipinski definition) is 3. The maximum Gasteiger partial charge on any atom is 0.305 e. The SMILES string of the molecule is NCc1ccccc1CC(=O)NC(CC(=O)O)C1CC1. The highest BCUT2D eigenvalue weighted by atomic mass is 16.4. The number of hydrogen-bond acceptors (Lipinski definition) is 3. The second-order valence-corrected chi connectivity index (χ2v) is 5.26. The number of rotatable bonds is 7. The van der Waals surface area contributed by atoms with Gasteiger partial charge < -0.3 is 16.2 Å². The minimum Gasteiger partial charge on any atom is -0.481 e. The van der Waals surface area contributed by atoms with E-state index in [1.165, 1.54) is 0 Å². The molecule has 1 saturated carbocycles. The second-order valence-electron chi connectivity index (χ2n) is 5.26. The first-order valence-electron chi connectivity index (χ1n) is 6.88. The molecule has 1 unspecified atom stereocenters. The number of carboxylic acid groups (broad SMARTS) is 1. The van der Waals surface area contributed by atoms with Crippen LogP contribution in [-0.2, 0) is 22.6 Å². The summed E-state index contributed by atoms with van der Waals surface area (Å²) in [4.78, 5) is 22.9. The first-order valence-corrected chi connectivity index (χ1v) is 6.88. The Kier molecular flexibility index (Phi) is 4.74. The highest BCUT2D eigenvalue weighted by Crippen LogP contribution is 2.34. The molecule has 0 aromatic heterocycles. The van der Waals surface area contributed by atoms with Crippen molar-refractivity contribution in [3.63, 3.8) is 0 Å². The smallest absolute Gasteiger partial charge is 0.305 e. The third-order valence-electron chi connectivity index (χ3n) is 3.62. The Labute approximate surface area is 118 Å². The van der Waals surface area contributed by atoms with Crippen molar-refractivity contribution >= 4 is 11.9 Å². The summed E-state index contributed by atoms with van der Waals surface area (Å²) in [6, 6.07) is 7.30. The Morgan fingerprint density at radius 1 is 1.30 bits per heavy atom. The van der Waals surface area contributed by atoms with Gasteiger partial charge in [0.1, 0.15) is 0 Å². The van der Waals surface area contributed by atoms with Gasteiger partial charge in [-0.1, -0.05) is 24.3 Å². The van der Waals surface area contributed by atoms with Crippen molar-refractivity contribution in [3.05, 3.63) is 35.4 Å². The van der Waals surface area contributed by atoms with Gasteiger partial charge in [-0.05, 0) is 29.9 Å². The molecule has 1 fully saturated rings. The van der Waals surface area contributed by atoms with Crippen LogP contribution in [0.15, 0.2) is 24.3 Å². The lowest BCUT2D eigenvalue weighted by Gasteiger charge is -2.16. The molecule has 4 N–H and O–H groups in total. The van der Waals surface area contributed by atoms with Gasteiger partial charge in [0.2, 0.25) is 5.91 Å². The molecule has 0 aliphatic heterocycles. The number of carbonyl (C=O) groups is 2. The van der Waals surface area contributed by atoms with Crippen LogP contribution >= 0.6 is 0 Å². The van der Waals surface area contributed by atoms with Gasteiger partial charge in [-0.3, -0.25) is 9.59 Å². The number of nitrogens with one attached hydrogen (secondary N) is 1. The lowest BCUT2D eigenvalue weighted by molar-refractivity contribution is -0.137. The van der Waals surface area contributed by atoms with Gasteiger partial charge >= 0.3 is 5.97 Å². The molecule has 0 spiro atoms. The predicted octanol–water partition coefficient (Wildman–Crippen LogP) is 1.06. The van der Waals surface area contributed by atoms with Crippen LogP contribution in [0, 0.1) is 5.92 Å². The molecule has 1 atom stereocenters. The molecule has 1 amide bonds. The number of amides is 1. The zero-order valence-corrected chi connectivity index (χ0v) is 11.3. The maximum absolute atomic E-state index is 12.1. The van der Waals surface area contributed by atoms with E-state index < -0.39 is 5.97 Å². The largest absolute Gasteiger partial charge is 0.481 e. The van der Waals surface area contributed by atoms with E-state index in [2.05, 4.69) is 5.32 Å². The lowest BCUT2D eigenvalue weighted by atomic mass is 10.0. The van der Waals surface area contributed by atoms with E-state index in [0.29, 0.717) is 12.5 Å². The van der Waals surface area contributed by atoms with E-state index in [1.54, 1.807) is 0 Å². The molecule has 0 saturated heterocycles. The Balaban J connectivity index is 1.95. The van der Waals surface area contributed by atoms with Gasteiger partial charge in [0.15, 0.2) is 0 Å². The van der Waals surface area contributed by atoms with E-state index in [4.69, 9.17) is 10.8 Å². The monoisotopic (exact) mass is 276 g/mol. The van der Waals surface area contributed by atoms with Crippen molar-refractivity contribution in [1.29, 1.82) is 0 Å². The van der Waals surface area contributed by atoms with Crippen molar-refractivity contribution in [2.24, 2.45) is 11.7 Å². The van der Waals surface area contributed by atoms with Crippen molar-refractivity contribution in [2.45, 2.75) is 38.3 Å². The molecular formula is C15H20N2O3. The fourth-order valence-electron chi connectivity index (χ4n) is 2.38. The molecular weight excluding hydrogens is 256 g/mol. The molecule has 1 aromatic carbocycles. The molecule has 5 nitrogen and oxygen atoms in total. The molecule has 1 aliphatic rings. The predicted molar refractivity (Wildman–Crippen MR) is 74.9 cm³/mol. The summed E-state index contributed by atoms with van der Waals surface area (Å²) in [6.45, 7) is 0.393. The Hall–Kier alpha value is -1.88. The Morgan fingerprint density at radius 3 is 2.50 bits per heavy atom. The molecule has 108 valence electrons. The van der Waals surface area contributed by atoms with Crippen LogP contribution in [-0.4, -0.2) is 23.0 Å². The first-order chi connectivity index (χ1) is 9.60. The summed E-state index contributed by atoms with van der Waals surface area (Å²) < 4.78 is 0. The third-order valence-corrected chi connectivity index (χ3v) is 3.62. The van der Waals surface area contributed by atoms with Gasteiger partial charge in [-0.2, -0.15) is 0 Å². The molecule has 20 heavy (non-hydrogen) atoms. The Bertz CT molecular complexity index is 498. The van der Waals surface area contributed by atoms with Crippen LogP contribution in [0.1, 0.15) is 30.4 Å². The highest BCUT2D eigenvalue weighted by Gasteiger charge is 2.33. The molecule has 0 radical (unpaired) electrons. The number of nitrogens with two attached hydrogens (primary N) is 1. The molecule has 1 aliphatic carbocycles. The summed E-state index contributed by atoms with van der Waals surface area (Å²) in [5, 5.41) is 11.7. The molecule has 0 heterocycles. The van der Waals surface area contributed by atoms with Crippen LogP contribution in [0.4, 0.5) is 0 Å². The van der Waals surface area contributed by atoms with Crippen molar-refractivity contribution in [1.82, 2.24) is 5.32 Å². The summed E-state index contributed by atoms with van der Waals surface area (Å²) in [6.07, 6.45) is 2.24. The first kappa shape index (κ1) is 14.5. The van der Waals surface area contributed by atoms with E-state index in [-0.39, 0.29) is 24.8 Å². The molecule has 0 bridgehead atoms. The Morgan fingerprint density at radius 2 is 1.95 bits per heavy atom. The van der Waals surface area contributed by atoms with Gasteiger partial charge in [0.05, 0.1) is 12.8 Å². The van der Waals surface area contributed by atoms with Crippen molar-refractivity contribution in [2.75, 3.05) is 0 Å². The zero-order valence-electron chi connectivity index (χ0n) is 11.3. The van der Waals surface area contributed by atoms with E-state index in [0.717, 1.165) is 24.0 Å². The topological polar surface area (TPSA) is 92.4 Å². The fourth-order valence-corrected chi connectivity index (χ4v) is 2.38. The summed E-state index contributed by atoms with van der Waals surface area (Å²) >= 11 is 0. The lowest BCUT2D eigenvalue weighted by Crippen LogP contribution is -2.39. The van der Waals surface area contributed by atoms with Crippen LogP contribution in [0.25, 0.3) is 0 Å². The van der Waals surface area contributed by atoms with E-state index in [9.17, 15) is 9.59 Å². The normalized spacial score (nSPS) is 15.7. The van der Waals surface area contributed by atoms with Gasteiger partial charge in [0.25, 0.3) is 0 Å². The summed E-state index contributed by atoms with van der Waals surface area (Å²) in [5.74, 6) is -0.687. The van der Waals surface area contributed by atoms with Gasteiger partial charge in [0, 0.05) is 12.6 Å². The van der Waals surface area contributed by atoms with E-state index >= 15 is 0 Å². The minimum absolute atomic E-state index is 0.00502. The van der Waals surface area contributed by atoms with Crippen LogP contribution in [0.5, 0.6) is 0 Å². The number of carboxylic acids is 1. The molecule has 1 aromatic rings. The highest BCUT2D eigenvalue weighted by molar-refractivity contribution is 5.80. The second kappa shape index (κ2) is 6.52. The number of carbonyl (C=O) groups excluding carboxylic acids is 1. The average molecular weight is 276 g/mol. The van der Waals surface area contributed by atoms with Crippen LogP contribution in [0.2, 0.25) is 0 Å². The number of benzene rings is 1. The quantitative estimate of drug-likeness (QED) is 0.694. The van der Waals surface area contributed by atoms with Crippen LogP contribution < -0.4 is 11.1 Å². The molecule has 2 rings (SSSR count). The van der Waals surface area contributed by atoms with Gasteiger partial charge in [-0.25, -0.2) is 0 Å². The summed E-state index contributed by atoms with van der Waals surface area (Å²) in [5.41, 5.74) is 7.49. The third kappa shape index (κ3) is 4.06. The minimum atomic E-state index is -0.871. The van der Waals surface area contributed by atoms with E-state index in [1.807, 2.05) is 24.3 Å². The van der Waals surface area contributed by atoms with Gasteiger partial charge in [-0.15, -0.1) is 0 Å². The standard InChI is InChI=1S/C15H20N2O3/c16-9-12-4-2-1-3-11(12)7-14(18)17-13(8-15(19)20)10-5-6-10/h1-4,10,13H,5-9,16H2,(H,17,18)(H,19,20). The van der Waals surface area contributed by atoms with Crippen molar-refractivity contribution in [3.8, 4) is 0 Å². The zero-order chi connectivity index (χ0) is 14.5. The number of aliphatic carboxylic acids is 1. The van der Waals surface area contributed by atoms with Crippen LogP contribution in [0.3, 0.4) is 0 Å². The molecule has 5 heteroatoms. The fraction of sp³-hybridized carbons (Fsp3) is 0.467. The van der Waals surface area contributed by atoms with Crippen molar-refractivity contribution < 1.29 is 14.7 Å². The average Bonchev–Trinajstić information content (AvgIpc) is 3.22.